The molecule has 0 spiro atoms. The Morgan fingerprint density at radius 1 is 1.29 bits per heavy atom. The number of halogens is 3. The first kappa shape index (κ1) is 16.6. The van der Waals surface area contributed by atoms with Gasteiger partial charge in [0, 0.05) is 31.4 Å². The second-order valence-corrected chi connectivity index (χ2v) is 6.77. The lowest BCUT2D eigenvalue weighted by Gasteiger charge is -2.07. The van der Waals surface area contributed by atoms with Crippen LogP contribution in [-0.2, 0) is 24.0 Å². The van der Waals surface area contributed by atoms with Crippen molar-refractivity contribution < 1.29 is 17.4 Å². The van der Waals surface area contributed by atoms with Crippen molar-refractivity contribution in [3.63, 3.8) is 0 Å². The van der Waals surface area contributed by atoms with Crippen molar-refractivity contribution in [3.05, 3.63) is 36.3 Å². The minimum absolute atomic E-state index is 0.124. The normalized spacial score (nSPS) is 13.4. The molecule has 0 bridgehead atoms. The van der Waals surface area contributed by atoms with Gasteiger partial charge in [-0.15, -0.1) is 0 Å². The van der Waals surface area contributed by atoms with Gasteiger partial charge in [-0.25, -0.2) is 9.97 Å². The predicted octanol–water partition coefficient (Wildman–Crippen LogP) is 3.18. The molecular weight excluding hydrogens is 341 g/mol. The van der Waals surface area contributed by atoms with Crippen LogP contribution in [0.1, 0.15) is 12.5 Å². The van der Waals surface area contributed by atoms with Crippen LogP contribution in [-0.4, -0.2) is 29.5 Å². The van der Waals surface area contributed by atoms with E-state index in [0.717, 1.165) is 12.3 Å². The van der Waals surface area contributed by atoms with Crippen LogP contribution in [0.5, 0.6) is 0 Å². The highest BCUT2D eigenvalue weighted by molar-refractivity contribution is 7.85. The van der Waals surface area contributed by atoms with Crippen LogP contribution in [0.15, 0.2) is 35.6 Å². The predicted molar refractivity (Wildman–Crippen MR) is 83.7 cm³/mol. The molecule has 5 nitrogen and oxygen atoms in total. The number of hydrogen-bond acceptors (Lipinski definition) is 4. The highest BCUT2D eigenvalue weighted by atomic mass is 32.2. The molecule has 3 heterocycles. The third kappa shape index (κ3) is 2.79. The molecule has 3 aromatic heterocycles. The number of aryl methyl sites for hydroxylation is 1. The van der Waals surface area contributed by atoms with Crippen molar-refractivity contribution in [2.45, 2.75) is 18.0 Å². The van der Waals surface area contributed by atoms with Crippen LogP contribution in [0, 0.1) is 0 Å². The molecule has 0 fully saturated rings. The summed E-state index contributed by atoms with van der Waals surface area (Å²) < 4.78 is 52.3. The lowest BCUT2D eigenvalue weighted by atomic mass is 10.2. The van der Waals surface area contributed by atoms with E-state index in [1.165, 1.54) is 12.4 Å². The molecule has 0 radical (unpaired) electrons. The smallest absolute Gasteiger partial charge is 0.312 e. The molecule has 0 aliphatic heterocycles. The van der Waals surface area contributed by atoms with Gasteiger partial charge in [-0.2, -0.15) is 13.2 Å². The number of fused-ring (bicyclic) bond motifs is 1. The summed E-state index contributed by atoms with van der Waals surface area (Å²) in [5, 5.41) is 0. The summed E-state index contributed by atoms with van der Waals surface area (Å²) in [4.78, 5) is 12.7. The molecule has 3 rings (SSSR count). The summed E-state index contributed by atoms with van der Waals surface area (Å²) in [6.45, 7) is 1.78. The van der Waals surface area contributed by atoms with Crippen molar-refractivity contribution in [2.75, 3.05) is 5.75 Å². The van der Waals surface area contributed by atoms with Gasteiger partial charge in [0.25, 0.3) is 0 Å². The number of rotatable bonds is 3. The van der Waals surface area contributed by atoms with E-state index < -0.39 is 22.5 Å². The van der Waals surface area contributed by atoms with Crippen molar-refractivity contribution in [1.82, 2.24) is 19.5 Å². The SMILES string of the molecule is CCS(=O)c1ccncc1-c1nc2cc(C(F)(F)F)cnc2n1C. The van der Waals surface area contributed by atoms with Gasteiger partial charge in [-0.05, 0) is 12.1 Å². The standard InChI is InChI=1S/C15H13F3N4OS/c1-3-24(23)12-4-5-19-8-10(12)13-21-11-6-9(15(16,17)18)7-20-14(11)22(13)2/h4-8H,3H2,1-2H3. The lowest BCUT2D eigenvalue weighted by molar-refractivity contribution is -0.137. The number of imidazole rings is 1. The molecule has 1 unspecified atom stereocenters. The third-order valence-electron chi connectivity index (χ3n) is 3.57. The highest BCUT2D eigenvalue weighted by Gasteiger charge is 2.32. The number of alkyl halides is 3. The van der Waals surface area contributed by atoms with E-state index >= 15 is 0 Å². The fourth-order valence-corrected chi connectivity index (χ4v) is 3.29. The minimum atomic E-state index is -4.48. The zero-order chi connectivity index (χ0) is 17.5. The Kier molecular flexibility index (Phi) is 4.12. The molecular formula is C15H13F3N4OS. The summed E-state index contributed by atoms with van der Waals surface area (Å²) in [7, 11) is 0.405. The Balaban J connectivity index is 2.22. The molecule has 24 heavy (non-hydrogen) atoms. The van der Waals surface area contributed by atoms with E-state index in [9.17, 15) is 17.4 Å². The second kappa shape index (κ2) is 5.97. The molecule has 1 atom stereocenters. The summed E-state index contributed by atoms with van der Waals surface area (Å²) in [6, 6.07) is 2.58. The van der Waals surface area contributed by atoms with Crippen LogP contribution in [0.2, 0.25) is 0 Å². The maximum absolute atomic E-state index is 12.8. The summed E-state index contributed by atoms with van der Waals surface area (Å²) >= 11 is 0. The largest absolute Gasteiger partial charge is 0.417 e. The fraction of sp³-hybridized carbons (Fsp3) is 0.267. The van der Waals surface area contributed by atoms with E-state index in [-0.39, 0.29) is 5.52 Å². The molecule has 0 aliphatic carbocycles. The molecule has 126 valence electrons. The zero-order valence-corrected chi connectivity index (χ0v) is 13.6. The maximum atomic E-state index is 12.8. The van der Waals surface area contributed by atoms with Crippen LogP contribution in [0.4, 0.5) is 13.2 Å². The Hall–Kier alpha value is -2.29. The Labute approximate surface area is 138 Å². The fourth-order valence-electron chi connectivity index (χ4n) is 2.38. The highest BCUT2D eigenvalue weighted by Crippen LogP contribution is 2.32. The van der Waals surface area contributed by atoms with E-state index in [0.29, 0.717) is 27.7 Å². The summed E-state index contributed by atoms with van der Waals surface area (Å²) in [5.41, 5.74) is 0.101. The zero-order valence-electron chi connectivity index (χ0n) is 12.8. The van der Waals surface area contributed by atoms with Gasteiger partial charge in [-0.3, -0.25) is 9.19 Å². The molecule has 0 N–H and O–H groups in total. The van der Waals surface area contributed by atoms with E-state index in [2.05, 4.69) is 15.0 Å². The number of hydrogen-bond donors (Lipinski definition) is 0. The van der Waals surface area contributed by atoms with Gasteiger partial charge in [0.1, 0.15) is 11.3 Å². The van der Waals surface area contributed by atoms with Gasteiger partial charge in [0.15, 0.2) is 5.65 Å². The van der Waals surface area contributed by atoms with Gasteiger partial charge < -0.3 is 4.57 Å². The van der Waals surface area contributed by atoms with Gasteiger partial charge in [-0.1, -0.05) is 6.92 Å². The lowest BCUT2D eigenvalue weighted by Crippen LogP contribution is -2.05. The topological polar surface area (TPSA) is 60.7 Å². The average Bonchev–Trinajstić information content (AvgIpc) is 2.89. The van der Waals surface area contributed by atoms with Gasteiger partial charge in [0.05, 0.1) is 26.8 Å². The first-order valence-electron chi connectivity index (χ1n) is 7.05. The van der Waals surface area contributed by atoms with Crippen LogP contribution in [0.3, 0.4) is 0 Å². The van der Waals surface area contributed by atoms with Gasteiger partial charge >= 0.3 is 6.18 Å². The molecule has 9 heteroatoms. The van der Waals surface area contributed by atoms with Crippen LogP contribution in [0.25, 0.3) is 22.6 Å². The average molecular weight is 354 g/mol. The van der Waals surface area contributed by atoms with E-state index in [4.69, 9.17) is 0 Å². The van der Waals surface area contributed by atoms with Gasteiger partial charge in [0.2, 0.25) is 0 Å². The van der Waals surface area contributed by atoms with Crippen molar-refractivity contribution in [1.29, 1.82) is 0 Å². The monoisotopic (exact) mass is 354 g/mol. The quantitative estimate of drug-likeness (QED) is 0.725. The van der Waals surface area contributed by atoms with Crippen molar-refractivity contribution in [3.8, 4) is 11.4 Å². The molecule has 3 aromatic rings. The maximum Gasteiger partial charge on any atom is 0.417 e. The van der Waals surface area contributed by atoms with E-state index in [1.807, 2.05) is 0 Å². The molecule has 0 saturated carbocycles. The second-order valence-electron chi connectivity index (χ2n) is 5.06. The van der Waals surface area contributed by atoms with Crippen LogP contribution < -0.4 is 0 Å². The van der Waals surface area contributed by atoms with E-state index in [1.54, 1.807) is 24.6 Å². The Morgan fingerprint density at radius 3 is 2.71 bits per heavy atom. The first-order valence-corrected chi connectivity index (χ1v) is 8.37. The third-order valence-corrected chi connectivity index (χ3v) is 4.94. The Morgan fingerprint density at radius 2 is 2.04 bits per heavy atom. The minimum Gasteiger partial charge on any atom is -0.312 e. The van der Waals surface area contributed by atoms with Crippen LogP contribution >= 0.6 is 0 Å². The van der Waals surface area contributed by atoms with Crippen molar-refractivity contribution >= 4 is 22.0 Å². The summed E-state index contributed by atoms with van der Waals surface area (Å²) in [6.07, 6.45) is -0.673. The Bertz CT molecular complexity index is 936. The number of aromatic nitrogens is 4. The number of pyridine rings is 2. The molecule has 0 amide bonds. The molecule has 0 saturated heterocycles. The summed E-state index contributed by atoms with van der Waals surface area (Å²) in [5.74, 6) is 0.791. The number of nitrogens with zero attached hydrogens (tertiary/aromatic N) is 4. The van der Waals surface area contributed by atoms with Crippen molar-refractivity contribution in [2.24, 2.45) is 7.05 Å². The molecule has 0 aromatic carbocycles. The molecule has 0 aliphatic rings. The first-order chi connectivity index (χ1) is 11.3.